The average Bonchev–Trinajstić information content (AvgIpc) is 3.14. The third kappa shape index (κ3) is 2.79. The van der Waals surface area contributed by atoms with Crippen LogP contribution in [0.4, 0.5) is 0 Å². The van der Waals surface area contributed by atoms with Gasteiger partial charge in [0.05, 0.1) is 14.2 Å². The standard InChI is InChI=1S/C19H40OSi2/c1-18(2,3)22(7,8)19(21(4,5)6)14-16(19)17(20)15-12-10-9-11-13-15/h15-17,20H,9-14H2,1-8H3/t16-,17-,19-/m0/s1. The molecule has 2 rings (SSSR count). The summed E-state index contributed by atoms with van der Waals surface area (Å²) in [7, 11) is -2.75. The first-order chi connectivity index (χ1) is 9.86. The van der Waals surface area contributed by atoms with Crippen molar-refractivity contribution >= 4 is 16.1 Å². The Balaban J connectivity index is 2.28. The van der Waals surface area contributed by atoms with Crippen molar-refractivity contribution in [3.05, 3.63) is 0 Å². The summed E-state index contributed by atoms with van der Waals surface area (Å²) in [4.78, 5) is 0. The SMILES string of the molecule is CC(C)(C)[Si](C)(C)[C@@]1([Si](C)(C)C)C[C@H]1[C@@H](O)C1CCCCC1. The zero-order chi connectivity index (χ0) is 17.0. The van der Waals surface area contributed by atoms with E-state index in [-0.39, 0.29) is 6.10 Å². The molecule has 3 heteroatoms. The van der Waals surface area contributed by atoms with Gasteiger partial charge in [-0.05, 0) is 40.8 Å². The quantitative estimate of drug-likeness (QED) is 0.615. The highest BCUT2D eigenvalue weighted by atomic mass is 28.4. The predicted molar refractivity (Wildman–Crippen MR) is 104 cm³/mol. The van der Waals surface area contributed by atoms with Crippen LogP contribution in [0.1, 0.15) is 59.3 Å². The van der Waals surface area contributed by atoms with Gasteiger partial charge in [0, 0.05) is 8.07 Å². The van der Waals surface area contributed by atoms with Crippen LogP contribution in [0, 0.1) is 11.8 Å². The van der Waals surface area contributed by atoms with Crippen LogP contribution < -0.4 is 0 Å². The maximum absolute atomic E-state index is 11.2. The van der Waals surface area contributed by atoms with Gasteiger partial charge in [-0.1, -0.05) is 72.8 Å². The van der Waals surface area contributed by atoms with E-state index in [4.69, 9.17) is 0 Å². The molecule has 2 aliphatic carbocycles. The van der Waals surface area contributed by atoms with Gasteiger partial charge in [-0.2, -0.15) is 0 Å². The molecule has 0 heterocycles. The lowest BCUT2D eigenvalue weighted by atomic mass is 9.83. The number of hydrogen-bond donors (Lipinski definition) is 1. The summed E-state index contributed by atoms with van der Waals surface area (Å²) >= 11 is 0. The van der Waals surface area contributed by atoms with Gasteiger partial charge in [-0.25, -0.2) is 0 Å². The largest absolute Gasteiger partial charge is 0.393 e. The van der Waals surface area contributed by atoms with E-state index in [9.17, 15) is 5.11 Å². The van der Waals surface area contributed by atoms with E-state index in [2.05, 4.69) is 53.5 Å². The third-order valence-electron chi connectivity index (χ3n) is 7.89. The molecule has 22 heavy (non-hydrogen) atoms. The fourth-order valence-electron chi connectivity index (χ4n) is 5.69. The summed E-state index contributed by atoms with van der Waals surface area (Å²) in [6.07, 6.45) is 7.93. The van der Waals surface area contributed by atoms with Gasteiger partial charge < -0.3 is 5.11 Å². The topological polar surface area (TPSA) is 20.2 Å². The van der Waals surface area contributed by atoms with Crippen LogP contribution in [0.2, 0.25) is 42.4 Å². The van der Waals surface area contributed by atoms with Gasteiger partial charge in [-0.15, -0.1) is 0 Å². The molecule has 3 atom stereocenters. The Labute approximate surface area is 141 Å². The van der Waals surface area contributed by atoms with Crippen molar-refractivity contribution in [2.75, 3.05) is 0 Å². The fourth-order valence-corrected chi connectivity index (χ4v) is 19.6. The summed E-state index contributed by atoms with van der Waals surface area (Å²) in [5.74, 6) is 1.21. The highest BCUT2D eigenvalue weighted by Crippen LogP contribution is 2.76. The summed E-state index contributed by atoms with van der Waals surface area (Å²) in [6.45, 7) is 20.3. The molecule has 130 valence electrons. The fraction of sp³-hybridized carbons (Fsp3) is 1.00. The highest BCUT2D eigenvalue weighted by Gasteiger charge is 2.73. The van der Waals surface area contributed by atoms with Crippen molar-refractivity contribution in [2.24, 2.45) is 11.8 Å². The van der Waals surface area contributed by atoms with Crippen LogP contribution in [0.15, 0.2) is 0 Å². The summed E-state index contributed by atoms with van der Waals surface area (Å²) in [5, 5.41) is 11.6. The molecule has 0 saturated heterocycles. The molecule has 2 aliphatic rings. The Morgan fingerprint density at radius 3 is 1.86 bits per heavy atom. The Morgan fingerprint density at radius 1 is 0.955 bits per heavy atom. The van der Waals surface area contributed by atoms with Crippen LogP contribution in [0.3, 0.4) is 0 Å². The first-order valence-corrected chi connectivity index (χ1v) is 16.0. The Morgan fingerprint density at radius 2 is 1.45 bits per heavy atom. The van der Waals surface area contributed by atoms with Crippen molar-refractivity contribution in [3.63, 3.8) is 0 Å². The molecular formula is C19H40OSi2. The first-order valence-electron chi connectivity index (χ1n) is 9.54. The first kappa shape index (κ1) is 18.7. The maximum Gasteiger partial charge on any atom is 0.0596 e. The molecule has 1 N–H and O–H groups in total. The second-order valence-electron chi connectivity index (χ2n) is 10.8. The van der Waals surface area contributed by atoms with E-state index in [0.29, 0.717) is 21.5 Å². The molecule has 0 radical (unpaired) electrons. The number of rotatable bonds is 4. The molecule has 0 aromatic heterocycles. The zero-order valence-corrected chi connectivity index (χ0v) is 18.4. The van der Waals surface area contributed by atoms with Crippen molar-refractivity contribution in [2.45, 2.75) is 108 Å². The van der Waals surface area contributed by atoms with Gasteiger partial charge >= 0.3 is 0 Å². The lowest BCUT2D eigenvalue weighted by Crippen LogP contribution is -2.55. The lowest BCUT2D eigenvalue weighted by molar-refractivity contribution is 0.0641. The smallest absolute Gasteiger partial charge is 0.0596 e. The van der Waals surface area contributed by atoms with E-state index in [1.165, 1.54) is 38.5 Å². The van der Waals surface area contributed by atoms with Gasteiger partial charge in [0.25, 0.3) is 0 Å². The Kier molecular flexibility index (Phi) is 4.88. The van der Waals surface area contributed by atoms with Crippen molar-refractivity contribution in [1.82, 2.24) is 0 Å². The minimum absolute atomic E-state index is 0.0128. The second-order valence-corrected chi connectivity index (χ2v) is 22.3. The van der Waals surface area contributed by atoms with Gasteiger partial charge in [0.15, 0.2) is 0 Å². The van der Waals surface area contributed by atoms with Crippen LogP contribution in [-0.2, 0) is 0 Å². The van der Waals surface area contributed by atoms with E-state index in [1.54, 1.807) is 0 Å². The van der Waals surface area contributed by atoms with Crippen LogP contribution in [0.5, 0.6) is 0 Å². The molecule has 2 fully saturated rings. The van der Waals surface area contributed by atoms with Crippen LogP contribution >= 0.6 is 0 Å². The van der Waals surface area contributed by atoms with Gasteiger partial charge in [0.2, 0.25) is 0 Å². The van der Waals surface area contributed by atoms with Gasteiger partial charge in [-0.3, -0.25) is 0 Å². The number of hydrogen-bond acceptors (Lipinski definition) is 1. The predicted octanol–water partition coefficient (Wildman–Crippen LogP) is 6.07. The molecular weight excluding hydrogens is 300 g/mol. The summed E-state index contributed by atoms with van der Waals surface area (Å²) < 4.78 is 0.537. The minimum Gasteiger partial charge on any atom is -0.393 e. The highest BCUT2D eigenvalue weighted by molar-refractivity contribution is 7.01. The zero-order valence-electron chi connectivity index (χ0n) is 16.4. The lowest BCUT2D eigenvalue weighted by Gasteiger charge is -2.51. The van der Waals surface area contributed by atoms with Crippen LogP contribution in [-0.4, -0.2) is 27.4 Å². The van der Waals surface area contributed by atoms with E-state index in [0.717, 1.165) is 0 Å². The number of aliphatic hydroxyl groups is 1. The molecule has 0 aromatic rings. The molecule has 0 amide bonds. The monoisotopic (exact) mass is 340 g/mol. The maximum atomic E-state index is 11.2. The Hall–Kier alpha value is 0.394. The number of aliphatic hydroxyl groups excluding tert-OH is 1. The second kappa shape index (κ2) is 5.73. The molecule has 2 saturated carbocycles. The summed E-state index contributed by atoms with van der Waals surface area (Å²) in [5.41, 5.74) is 0. The molecule has 0 bridgehead atoms. The van der Waals surface area contributed by atoms with E-state index in [1.807, 2.05) is 0 Å². The Bertz CT molecular complexity index is 399. The molecule has 0 spiro atoms. The minimum atomic E-state index is -1.44. The van der Waals surface area contributed by atoms with Crippen molar-refractivity contribution in [1.29, 1.82) is 0 Å². The molecule has 0 aromatic carbocycles. The molecule has 0 unspecified atom stereocenters. The molecule has 1 nitrogen and oxygen atoms in total. The normalized spacial score (nSPS) is 32.9. The molecule has 0 aliphatic heterocycles. The van der Waals surface area contributed by atoms with Crippen molar-refractivity contribution in [3.8, 4) is 0 Å². The average molecular weight is 341 g/mol. The summed E-state index contributed by atoms with van der Waals surface area (Å²) in [6, 6.07) is 0. The third-order valence-corrected chi connectivity index (χ3v) is 21.8. The van der Waals surface area contributed by atoms with Crippen molar-refractivity contribution < 1.29 is 5.11 Å². The van der Waals surface area contributed by atoms with Gasteiger partial charge in [0.1, 0.15) is 0 Å². The van der Waals surface area contributed by atoms with E-state index >= 15 is 0 Å². The van der Waals surface area contributed by atoms with Crippen LogP contribution in [0.25, 0.3) is 0 Å². The van der Waals surface area contributed by atoms with E-state index < -0.39 is 16.1 Å².